The number of rotatable bonds is 4. The van der Waals surface area contributed by atoms with Gasteiger partial charge in [-0.2, -0.15) is 0 Å². The normalized spacial score (nSPS) is 11.4. The molecule has 7 aromatic rings. The first kappa shape index (κ1) is 19.6. The quantitative estimate of drug-likeness (QED) is 0.282. The van der Waals surface area contributed by atoms with Crippen LogP contribution in [0.3, 0.4) is 0 Å². The van der Waals surface area contributed by atoms with Crippen molar-refractivity contribution in [3.63, 3.8) is 0 Å². The van der Waals surface area contributed by atoms with Crippen LogP contribution in [0.2, 0.25) is 0 Å². The van der Waals surface area contributed by atoms with Crippen LogP contribution in [-0.2, 0) is 0 Å². The summed E-state index contributed by atoms with van der Waals surface area (Å²) in [7, 11) is 0. The minimum Gasteiger partial charge on any atom is -0.439 e. The molecule has 0 aliphatic carbocycles. The van der Waals surface area contributed by atoms with Crippen molar-refractivity contribution in [3.8, 4) is 28.7 Å². The van der Waals surface area contributed by atoms with Gasteiger partial charge in [-0.3, -0.25) is 4.40 Å². The van der Waals surface area contributed by atoms with Gasteiger partial charge in [0, 0.05) is 46.5 Å². The number of para-hydroxylation sites is 1. The summed E-state index contributed by atoms with van der Waals surface area (Å²) in [5, 5.41) is 2.37. The highest BCUT2D eigenvalue weighted by atomic mass is 16.5. The zero-order valence-corrected chi connectivity index (χ0v) is 18.7. The molecule has 0 amide bonds. The van der Waals surface area contributed by atoms with Gasteiger partial charge in [0.2, 0.25) is 5.88 Å². The highest BCUT2D eigenvalue weighted by Crippen LogP contribution is 2.35. The smallest absolute Gasteiger partial charge is 0.219 e. The van der Waals surface area contributed by atoms with E-state index in [4.69, 9.17) is 9.72 Å². The summed E-state index contributed by atoms with van der Waals surface area (Å²) in [5.74, 6) is 2.24. The Bertz CT molecular complexity index is 1830. The van der Waals surface area contributed by atoms with Gasteiger partial charge in [0.1, 0.15) is 11.6 Å². The van der Waals surface area contributed by atoms with E-state index in [0.717, 1.165) is 39.4 Å². The maximum Gasteiger partial charge on any atom is 0.219 e. The first-order chi connectivity index (χ1) is 17.3. The lowest BCUT2D eigenvalue weighted by atomic mass is 10.1. The molecule has 0 bridgehead atoms. The van der Waals surface area contributed by atoms with Crippen LogP contribution < -0.4 is 4.74 Å². The number of ether oxygens (including phenoxy) is 1. The second kappa shape index (κ2) is 7.85. The largest absolute Gasteiger partial charge is 0.439 e. The highest BCUT2D eigenvalue weighted by Gasteiger charge is 2.15. The minimum atomic E-state index is 0.572. The average molecular weight is 453 g/mol. The summed E-state index contributed by atoms with van der Waals surface area (Å²) >= 11 is 0. The topological polar surface area (TPSA) is 44.4 Å². The van der Waals surface area contributed by atoms with Gasteiger partial charge in [0.25, 0.3) is 0 Å². The monoisotopic (exact) mass is 452 g/mol. The number of aromatic nitrogens is 4. The van der Waals surface area contributed by atoms with E-state index < -0.39 is 0 Å². The second-order valence-electron chi connectivity index (χ2n) is 8.43. The lowest BCUT2D eigenvalue weighted by Gasteiger charge is -2.11. The first-order valence-electron chi connectivity index (χ1n) is 11.5. The Balaban J connectivity index is 1.43. The van der Waals surface area contributed by atoms with Crippen molar-refractivity contribution in [2.24, 2.45) is 0 Å². The van der Waals surface area contributed by atoms with Crippen molar-refractivity contribution in [1.29, 1.82) is 0 Å². The molecule has 0 atom stereocenters. The second-order valence-corrected chi connectivity index (χ2v) is 8.43. The predicted molar refractivity (Wildman–Crippen MR) is 139 cm³/mol. The summed E-state index contributed by atoms with van der Waals surface area (Å²) in [5.41, 5.74) is 5.41. The van der Waals surface area contributed by atoms with Gasteiger partial charge in [-0.25, -0.2) is 9.97 Å². The number of hydrogen-bond acceptors (Lipinski definition) is 3. The van der Waals surface area contributed by atoms with Gasteiger partial charge in [0.15, 0.2) is 0 Å². The number of nitrogens with zero attached hydrogens (tertiary/aromatic N) is 4. The molecule has 0 fully saturated rings. The van der Waals surface area contributed by atoms with Crippen molar-refractivity contribution < 1.29 is 4.74 Å². The molecule has 0 aliphatic heterocycles. The van der Waals surface area contributed by atoms with Gasteiger partial charge >= 0.3 is 0 Å². The van der Waals surface area contributed by atoms with Crippen molar-refractivity contribution >= 4 is 27.3 Å². The van der Waals surface area contributed by atoms with E-state index in [9.17, 15) is 0 Å². The average Bonchev–Trinajstić information content (AvgIpc) is 3.48. The lowest BCUT2D eigenvalue weighted by molar-refractivity contribution is 0.463. The number of hydrogen-bond donors (Lipinski definition) is 0. The molecule has 0 N–H and O–H groups in total. The van der Waals surface area contributed by atoms with Crippen LogP contribution in [0.5, 0.6) is 11.6 Å². The summed E-state index contributed by atoms with van der Waals surface area (Å²) < 4.78 is 10.5. The number of pyridine rings is 2. The highest BCUT2D eigenvalue weighted by molar-refractivity contribution is 6.09. The van der Waals surface area contributed by atoms with E-state index in [1.54, 1.807) is 6.20 Å². The van der Waals surface area contributed by atoms with Crippen molar-refractivity contribution in [3.05, 3.63) is 122 Å². The lowest BCUT2D eigenvalue weighted by Crippen LogP contribution is -1.96. The van der Waals surface area contributed by atoms with Crippen molar-refractivity contribution in [2.45, 2.75) is 0 Å². The molecule has 0 unspecified atom stereocenters. The molecular formula is C30H20N4O. The zero-order valence-electron chi connectivity index (χ0n) is 18.7. The van der Waals surface area contributed by atoms with Gasteiger partial charge in [-0.1, -0.05) is 42.5 Å². The molecule has 3 aromatic carbocycles. The molecule has 5 heteroatoms. The minimum absolute atomic E-state index is 0.572. The Labute approximate surface area is 201 Å². The molecule has 0 radical (unpaired) electrons. The number of benzene rings is 3. The summed E-state index contributed by atoms with van der Waals surface area (Å²) in [6.07, 6.45) is 5.69. The van der Waals surface area contributed by atoms with E-state index in [2.05, 4.69) is 80.7 Å². The summed E-state index contributed by atoms with van der Waals surface area (Å²) in [6, 6.07) is 35.0. The van der Waals surface area contributed by atoms with E-state index >= 15 is 0 Å². The van der Waals surface area contributed by atoms with E-state index in [1.165, 1.54) is 10.8 Å². The molecular weight excluding hydrogens is 432 g/mol. The fourth-order valence-electron chi connectivity index (χ4n) is 4.76. The fraction of sp³-hybridized carbons (Fsp3) is 0. The van der Waals surface area contributed by atoms with E-state index in [1.807, 2.05) is 48.8 Å². The Morgan fingerprint density at radius 3 is 2.49 bits per heavy atom. The van der Waals surface area contributed by atoms with E-state index in [-0.39, 0.29) is 0 Å². The standard InChI is InChI=1S/C30H20N4O/c1-2-12-27-25(11-1)26-15-14-24(35-29-13-3-5-16-31-29)19-28(26)34(27)22-10-7-8-21(18-22)30-32-20-23-9-4-6-17-33(23)30/h1-20H. The molecule has 0 aliphatic rings. The maximum absolute atomic E-state index is 6.07. The van der Waals surface area contributed by atoms with Crippen LogP contribution in [0.1, 0.15) is 0 Å². The van der Waals surface area contributed by atoms with Gasteiger partial charge in [0.05, 0.1) is 22.7 Å². The molecule has 0 saturated heterocycles. The number of imidazole rings is 1. The molecule has 4 aromatic heterocycles. The predicted octanol–water partition coefficient (Wildman–Crippen LogP) is 7.29. The Kier molecular flexibility index (Phi) is 4.39. The first-order valence-corrected chi connectivity index (χ1v) is 11.5. The Morgan fingerprint density at radius 2 is 1.54 bits per heavy atom. The maximum atomic E-state index is 6.07. The van der Waals surface area contributed by atoms with Crippen LogP contribution in [0.15, 0.2) is 122 Å². The van der Waals surface area contributed by atoms with Crippen LogP contribution in [0.25, 0.3) is 44.4 Å². The molecule has 166 valence electrons. The Hall–Kier alpha value is -4.90. The van der Waals surface area contributed by atoms with Gasteiger partial charge in [-0.05, 0) is 48.5 Å². The molecule has 5 nitrogen and oxygen atoms in total. The third kappa shape index (κ3) is 3.25. The van der Waals surface area contributed by atoms with Crippen LogP contribution in [0.4, 0.5) is 0 Å². The molecule has 0 spiro atoms. The van der Waals surface area contributed by atoms with E-state index in [0.29, 0.717) is 5.88 Å². The van der Waals surface area contributed by atoms with Crippen molar-refractivity contribution in [1.82, 2.24) is 18.9 Å². The van der Waals surface area contributed by atoms with Crippen LogP contribution in [-0.4, -0.2) is 18.9 Å². The Morgan fingerprint density at radius 1 is 0.657 bits per heavy atom. The molecule has 35 heavy (non-hydrogen) atoms. The third-order valence-electron chi connectivity index (χ3n) is 6.31. The molecule has 4 heterocycles. The van der Waals surface area contributed by atoms with Gasteiger partial charge in [-0.15, -0.1) is 0 Å². The third-order valence-corrected chi connectivity index (χ3v) is 6.31. The fourth-order valence-corrected chi connectivity index (χ4v) is 4.76. The summed E-state index contributed by atoms with van der Waals surface area (Å²) in [6.45, 7) is 0. The molecule has 7 rings (SSSR count). The van der Waals surface area contributed by atoms with Crippen LogP contribution in [0, 0.1) is 0 Å². The van der Waals surface area contributed by atoms with Crippen molar-refractivity contribution in [2.75, 3.05) is 0 Å². The van der Waals surface area contributed by atoms with Crippen LogP contribution >= 0.6 is 0 Å². The SMILES string of the molecule is c1ccc(Oc2ccc3c4ccccc4n(-c4cccc(-c5ncc6ccccn56)c4)c3c2)nc1. The zero-order chi connectivity index (χ0) is 23.2. The number of fused-ring (bicyclic) bond motifs is 4. The molecule has 0 saturated carbocycles. The van der Waals surface area contributed by atoms with Gasteiger partial charge < -0.3 is 9.30 Å². The summed E-state index contributed by atoms with van der Waals surface area (Å²) in [4.78, 5) is 9.00.